The third-order valence-corrected chi connectivity index (χ3v) is 3.03. The van der Waals surface area contributed by atoms with Gasteiger partial charge in [0, 0.05) is 18.8 Å². The number of nitrogens with zero attached hydrogens (tertiary/aromatic N) is 2. The van der Waals surface area contributed by atoms with Crippen molar-refractivity contribution in [2.45, 2.75) is 6.92 Å². The Kier molecular flexibility index (Phi) is 5.18. The Hall–Kier alpha value is -3.04. The number of rotatable bonds is 6. The number of benzene rings is 1. The minimum atomic E-state index is -0.919. The van der Waals surface area contributed by atoms with E-state index in [1.54, 1.807) is 19.1 Å². The Morgan fingerprint density at radius 1 is 1.52 bits per heavy atom. The Balaban J connectivity index is 2.06. The number of carbonyl (C=O) groups excluding carboxylic acids is 2. The summed E-state index contributed by atoms with van der Waals surface area (Å²) in [5.41, 5.74) is 0.710. The van der Waals surface area contributed by atoms with Gasteiger partial charge in [0.2, 0.25) is 0 Å². The summed E-state index contributed by atoms with van der Waals surface area (Å²) in [5, 5.41) is 14.4. The molecule has 0 aromatic heterocycles. The molecule has 2 rings (SSSR count). The van der Waals surface area contributed by atoms with E-state index in [4.69, 9.17) is 4.74 Å². The fourth-order valence-electron chi connectivity index (χ4n) is 2.00. The molecular formula is C13H16N4O6. The third kappa shape index (κ3) is 4.22. The van der Waals surface area contributed by atoms with Crippen molar-refractivity contribution < 1.29 is 24.3 Å². The van der Waals surface area contributed by atoms with Gasteiger partial charge in [0.25, 0.3) is 11.0 Å². The van der Waals surface area contributed by atoms with Crippen LogP contribution in [-0.4, -0.2) is 48.4 Å². The fourth-order valence-corrected chi connectivity index (χ4v) is 2.00. The Morgan fingerprint density at radius 3 is 3.00 bits per heavy atom. The van der Waals surface area contributed by atoms with Gasteiger partial charge in [0.1, 0.15) is 12.4 Å². The molecule has 0 atom stereocenters. The predicted molar refractivity (Wildman–Crippen MR) is 78.6 cm³/mol. The van der Waals surface area contributed by atoms with Crippen LogP contribution in [0.4, 0.5) is 10.5 Å². The minimum Gasteiger partial charge on any atom is -0.472 e. The Bertz CT molecular complexity index is 620. The number of carbonyl (C=O) groups is 2. The number of ether oxygens (including phenoxy) is 1. The molecule has 0 saturated carbocycles. The number of nitrogens with one attached hydrogen (secondary N) is 2. The van der Waals surface area contributed by atoms with Crippen molar-refractivity contribution in [2.75, 3.05) is 31.7 Å². The normalized spacial score (nSPS) is 12.9. The first kappa shape index (κ1) is 16.3. The van der Waals surface area contributed by atoms with E-state index in [1.165, 1.54) is 11.0 Å². The van der Waals surface area contributed by atoms with Crippen LogP contribution in [0.15, 0.2) is 18.2 Å². The molecule has 1 aromatic carbocycles. The van der Waals surface area contributed by atoms with E-state index in [-0.39, 0.29) is 37.4 Å². The summed E-state index contributed by atoms with van der Waals surface area (Å²) in [5.74, 6) is 0.0423. The van der Waals surface area contributed by atoms with Gasteiger partial charge in [-0.15, -0.1) is 10.1 Å². The van der Waals surface area contributed by atoms with Crippen LogP contribution in [0.3, 0.4) is 0 Å². The van der Waals surface area contributed by atoms with E-state index < -0.39 is 5.09 Å². The molecule has 1 aliphatic heterocycles. The monoisotopic (exact) mass is 324 g/mol. The molecule has 0 saturated heterocycles. The fraction of sp³-hybridized carbons (Fsp3) is 0.385. The first-order chi connectivity index (χ1) is 11.0. The van der Waals surface area contributed by atoms with Crippen molar-refractivity contribution in [3.8, 4) is 5.75 Å². The second-order valence-electron chi connectivity index (χ2n) is 4.59. The Morgan fingerprint density at radius 2 is 2.30 bits per heavy atom. The van der Waals surface area contributed by atoms with Crippen LogP contribution in [0.1, 0.15) is 17.3 Å². The highest BCUT2D eigenvalue weighted by molar-refractivity contribution is 6.00. The molecular weight excluding hydrogens is 308 g/mol. The van der Waals surface area contributed by atoms with Crippen molar-refractivity contribution in [3.05, 3.63) is 33.9 Å². The summed E-state index contributed by atoms with van der Waals surface area (Å²) in [4.78, 5) is 39.4. The van der Waals surface area contributed by atoms with Gasteiger partial charge in [-0.2, -0.15) is 0 Å². The lowest BCUT2D eigenvalue weighted by molar-refractivity contribution is -0.757. The maximum atomic E-state index is 12.3. The highest BCUT2D eigenvalue weighted by Crippen LogP contribution is 2.27. The maximum Gasteiger partial charge on any atom is 0.319 e. The van der Waals surface area contributed by atoms with E-state index >= 15 is 0 Å². The molecule has 0 radical (unpaired) electrons. The second-order valence-corrected chi connectivity index (χ2v) is 4.59. The number of anilines is 1. The molecule has 124 valence electrons. The van der Waals surface area contributed by atoms with Crippen LogP contribution in [0.25, 0.3) is 0 Å². The highest BCUT2D eigenvalue weighted by atomic mass is 16.9. The summed E-state index contributed by atoms with van der Waals surface area (Å²) in [6.45, 7) is 2.02. The van der Waals surface area contributed by atoms with E-state index in [0.29, 0.717) is 18.0 Å². The molecule has 0 aliphatic carbocycles. The SMILES string of the molecule is CCNC(=O)Nc1ccc2c(c1)C(=O)N(CCO[N+](=O)[O-])CO2. The van der Waals surface area contributed by atoms with Crippen molar-refractivity contribution in [2.24, 2.45) is 0 Å². The average molecular weight is 324 g/mol. The number of fused-ring (bicyclic) bond motifs is 1. The van der Waals surface area contributed by atoms with Gasteiger partial charge >= 0.3 is 6.03 Å². The van der Waals surface area contributed by atoms with Gasteiger partial charge in [-0.25, -0.2) is 4.79 Å². The summed E-state index contributed by atoms with van der Waals surface area (Å²) < 4.78 is 5.42. The van der Waals surface area contributed by atoms with Crippen molar-refractivity contribution in [1.82, 2.24) is 10.2 Å². The van der Waals surface area contributed by atoms with E-state index in [9.17, 15) is 19.7 Å². The number of amides is 3. The molecule has 3 amide bonds. The highest BCUT2D eigenvalue weighted by Gasteiger charge is 2.26. The summed E-state index contributed by atoms with van der Waals surface area (Å²) in [6, 6.07) is 4.31. The molecule has 23 heavy (non-hydrogen) atoms. The van der Waals surface area contributed by atoms with Gasteiger partial charge in [-0.1, -0.05) is 0 Å². The van der Waals surface area contributed by atoms with E-state index in [2.05, 4.69) is 15.5 Å². The molecule has 1 aliphatic rings. The third-order valence-electron chi connectivity index (χ3n) is 3.03. The molecule has 2 N–H and O–H groups in total. The number of hydrogen-bond donors (Lipinski definition) is 2. The first-order valence-corrected chi connectivity index (χ1v) is 6.89. The zero-order chi connectivity index (χ0) is 16.8. The maximum absolute atomic E-state index is 12.3. The Labute approximate surface area is 131 Å². The molecule has 0 unspecified atom stereocenters. The van der Waals surface area contributed by atoms with Crippen LogP contribution in [0, 0.1) is 10.1 Å². The lowest BCUT2D eigenvalue weighted by Gasteiger charge is -2.28. The van der Waals surface area contributed by atoms with Gasteiger partial charge in [-0.3, -0.25) is 4.79 Å². The standard InChI is InChI=1S/C13H16N4O6/c1-2-14-13(19)15-9-3-4-11-10(7-9)12(18)16(8-22-11)5-6-23-17(20)21/h3-4,7H,2,5-6,8H2,1H3,(H2,14,15,19). The molecule has 1 heterocycles. The van der Waals surface area contributed by atoms with E-state index in [1.807, 2.05) is 0 Å². The van der Waals surface area contributed by atoms with Crippen LogP contribution in [0.5, 0.6) is 5.75 Å². The topological polar surface area (TPSA) is 123 Å². The molecule has 10 heteroatoms. The van der Waals surface area contributed by atoms with Gasteiger partial charge in [-0.05, 0) is 25.1 Å². The van der Waals surface area contributed by atoms with Crippen LogP contribution >= 0.6 is 0 Å². The average Bonchev–Trinajstić information content (AvgIpc) is 2.50. The molecule has 0 bridgehead atoms. The van der Waals surface area contributed by atoms with Gasteiger partial charge < -0.3 is 25.1 Å². The van der Waals surface area contributed by atoms with Crippen LogP contribution in [0.2, 0.25) is 0 Å². The summed E-state index contributed by atoms with van der Waals surface area (Å²) >= 11 is 0. The van der Waals surface area contributed by atoms with E-state index in [0.717, 1.165) is 0 Å². The quantitative estimate of drug-likeness (QED) is 0.590. The van der Waals surface area contributed by atoms with Gasteiger partial charge in [0.05, 0.1) is 5.56 Å². The van der Waals surface area contributed by atoms with Crippen molar-refractivity contribution in [1.29, 1.82) is 0 Å². The lowest BCUT2D eigenvalue weighted by atomic mass is 10.1. The number of hydrogen-bond acceptors (Lipinski definition) is 6. The van der Waals surface area contributed by atoms with Crippen molar-refractivity contribution in [3.63, 3.8) is 0 Å². The minimum absolute atomic E-state index is 0.0179. The smallest absolute Gasteiger partial charge is 0.319 e. The molecule has 1 aromatic rings. The van der Waals surface area contributed by atoms with Crippen molar-refractivity contribution >= 4 is 17.6 Å². The summed E-state index contributed by atoms with van der Waals surface area (Å²) in [6.07, 6.45) is 0. The first-order valence-electron chi connectivity index (χ1n) is 6.89. The largest absolute Gasteiger partial charge is 0.472 e. The number of urea groups is 1. The molecule has 0 fully saturated rings. The molecule has 10 nitrogen and oxygen atoms in total. The predicted octanol–water partition coefficient (Wildman–Crippen LogP) is 0.828. The van der Waals surface area contributed by atoms with Gasteiger partial charge in [0.15, 0.2) is 6.73 Å². The summed E-state index contributed by atoms with van der Waals surface area (Å²) in [7, 11) is 0. The lowest BCUT2D eigenvalue weighted by Crippen LogP contribution is -2.40. The molecule has 0 spiro atoms. The zero-order valence-electron chi connectivity index (χ0n) is 12.4. The second kappa shape index (κ2) is 7.29. The van der Waals surface area contributed by atoms with Crippen LogP contribution < -0.4 is 15.4 Å². The zero-order valence-corrected chi connectivity index (χ0v) is 12.4. The van der Waals surface area contributed by atoms with Crippen LogP contribution in [-0.2, 0) is 4.84 Å².